The van der Waals surface area contributed by atoms with E-state index in [9.17, 15) is 39.6 Å². The van der Waals surface area contributed by atoms with Gasteiger partial charge in [-0.25, -0.2) is 0 Å². The highest BCUT2D eigenvalue weighted by atomic mass is 16.4. The van der Waals surface area contributed by atoms with Gasteiger partial charge in [0.1, 0.15) is 0 Å². The van der Waals surface area contributed by atoms with E-state index in [0.717, 1.165) is 0 Å². The largest absolute Gasteiger partial charge is 0.481 e. The third-order valence-corrected chi connectivity index (χ3v) is 7.10. The molecule has 11 heteroatoms. The van der Waals surface area contributed by atoms with Crippen LogP contribution in [0.25, 0.3) is 0 Å². The van der Waals surface area contributed by atoms with Gasteiger partial charge in [0, 0.05) is 37.1 Å². The number of hydrazone groups is 1. The van der Waals surface area contributed by atoms with Crippen LogP contribution < -0.4 is 5.43 Å². The number of aliphatic carboxylic acids is 4. The van der Waals surface area contributed by atoms with Gasteiger partial charge in [0.05, 0.1) is 18.3 Å². The van der Waals surface area contributed by atoms with Crippen LogP contribution in [0.1, 0.15) is 77.0 Å². The van der Waals surface area contributed by atoms with Gasteiger partial charge in [0.2, 0.25) is 0 Å². The predicted molar refractivity (Wildman–Crippen MR) is 127 cm³/mol. The molecule has 1 aliphatic heterocycles. The van der Waals surface area contributed by atoms with Gasteiger partial charge in [0.15, 0.2) is 0 Å². The lowest BCUT2D eigenvalue weighted by Crippen LogP contribution is -2.34. The van der Waals surface area contributed by atoms with Crippen molar-refractivity contribution < 1.29 is 39.6 Å². The molecule has 0 aromatic rings. The first-order valence-corrected chi connectivity index (χ1v) is 12.0. The number of nitrogens with zero attached hydrogens (tertiary/aromatic N) is 2. The summed E-state index contributed by atoms with van der Waals surface area (Å²) in [5.74, 6) is -4.53. The van der Waals surface area contributed by atoms with Crippen LogP contribution in [0.4, 0.5) is 0 Å². The third kappa shape index (κ3) is 9.87. The Bertz CT molecular complexity index is 835. The van der Waals surface area contributed by atoms with Gasteiger partial charge >= 0.3 is 23.9 Å². The van der Waals surface area contributed by atoms with Gasteiger partial charge in [0.25, 0.3) is 0 Å². The molecular formula is C24H35N3O8. The van der Waals surface area contributed by atoms with E-state index in [4.69, 9.17) is 0 Å². The molecule has 0 amide bonds. The number of nitrogens with one attached hydrogen (secondary N) is 1. The minimum absolute atomic E-state index is 0.0463. The second-order valence-electron chi connectivity index (χ2n) is 9.71. The van der Waals surface area contributed by atoms with E-state index in [1.54, 1.807) is 0 Å². The molecular weight excluding hydrogens is 458 g/mol. The Morgan fingerprint density at radius 2 is 1.20 bits per heavy atom. The molecule has 0 radical (unpaired) electrons. The van der Waals surface area contributed by atoms with Crippen molar-refractivity contribution in [1.29, 1.82) is 0 Å². The maximum atomic E-state index is 12.0. The Morgan fingerprint density at radius 1 is 0.743 bits per heavy atom. The van der Waals surface area contributed by atoms with Crippen molar-refractivity contribution in [3.8, 4) is 0 Å². The summed E-state index contributed by atoms with van der Waals surface area (Å²) in [6, 6.07) is 0. The highest BCUT2D eigenvalue weighted by Gasteiger charge is 2.39. The average molecular weight is 494 g/mol. The van der Waals surface area contributed by atoms with E-state index in [0.29, 0.717) is 57.1 Å². The second kappa shape index (κ2) is 13.6. The van der Waals surface area contributed by atoms with Crippen molar-refractivity contribution in [3.05, 3.63) is 11.9 Å². The van der Waals surface area contributed by atoms with Crippen molar-refractivity contribution in [2.24, 2.45) is 33.3 Å². The van der Waals surface area contributed by atoms with Crippen molar-refractivity contribution in [2.45, 2.75) is 77.0 Å². The number of carboxylic acid groups (broad SMARTS) is 4. The van der Waals surface area contributed by atoms with E-state index in [1.807, 2.05) is 0 Å². The first-order chi connectivity index (χ1) is 16.6. The normalized spacial score (nSPS) is 27.9. The Kier molecular flexibility index (Phi) is 10.9. The molecule has 2 atom stereocenters. The molecule has 0 spiro atoms. The number of rotatable bonds is 9. The van der Waals surface area contributed by atoms with Gasteiger partial charge in [-0.15, -0.1) is 0 Å². The summed E-state index contributed by atoms with van der Waals surface area (Å²) in [7, 11) is 0. The minimum Gasteiger partial charge on any atom is -0.481 e. The Balaban J connectivity index is 2.42. The second-order valence-corrected chi connectivity index (χ2v) is 9.71. The summed E-state index contributed by atoms with van der Waals surface area (Å²) in [6.45, 7) is 0. The van der Waals surface area contributed by atoms with Crippen LogP contribution in [0.5, 0.6) is 0 Å². The van der Waals surface area contributed by atoms with Crippen LogP contribution in [0.15, 0.2) is 22.0 Å². The molecule has 11 nitrogen and oxygen atoms in total. The topological polar surface area (TPSA) is 186 Å². The fourth-order valence-corrected chi connectivity index (χ4v) is 5.23. The number of aliphatic imine (C=N–C) groups is 1. The Hall–Kier alpha value is -3.24. The van der Waals surface area contributed by atoms with Crippen LogP contribution in [0.3, 0.4) is 0 Å². The number of hydrogen-bond donors (Lipinski definition) is 5. The zero-order valence-corrected chi connectivity index (χ0v) is 19.8. The molecule has 1 aliphatic carbocycles. The first kappa shape index (κ1) is 28.0. The smallest absolute Gasteiger partial charge is 0.304 e. The monoisotopic (exact) mass is 493 g/mol. The van der Waals surface area contributed by atoms with E-state index >= 15 is 0 Å². The zero-order valence-electron chi connectivity index (χ0n) is 19.8. The summed E-state index contributed by atoms with van der Waals surface area (Å²) < 4.78 is 0. The number of allylic oxidation sites excluding steroid dienone is 1. The number of carboxylic acids is 4. The standard InChI is InChI=1S/C24H35N3O8/c28-20(29)11-16-1-3-17(12-21(30)31)5-7-24(14-23(34)35,19-15-25-9-10-26-27-19)8-6-18(4-2-16)13-22(32)33/h9-10,15-18,27H,1-8,11-14H2,(H,28,29)(H,30,31)(H,32,33)(H,34,35). The highest BCUT2D eigenvalue weighted by molar-refractivity contribution is 6.16. The molecule has 0 saturated heterocycles. The van der Waals surface area contributed by atoms with E-state index in [-0.39, 0.29) is 43.4 Å². The van der Waals surface area contributed by atoms with Crippen LogP contribution in [-0.4, -0.2) is 56.7 Å². The molecule has 0 bridgehead atoms. The van der Waals surface area contributed by atoms with Crippen molar-refractivity contribution in [1.82, 2.24) is 5.43 Å². The third-order valence-electron chi connectivity index (χ3n) is 7.10. The Labute approximate surface area is 204 Å². The van der Waals surface area contributed by atoms with Gasteiger partial charge < -0.3 is 20.4 Å². The minimum atomic E-state index is -1.02. The number of carbonyl (C=O) groups is 4. The molecule has 1 heterocycles. The maximum Gasteiger partial charge on any atom is 0.304 e. The lowest BCUT2D eigenvalue weighted by molar-refractivity contribution is -0.141. The first-order valence-electron chi connectivity index (χ1n) is 12.0. The van der Waals surface area contributed by atoms with Crippen molar-refractivity contribution in [2.75, 3.05) is 0 Å². The van der Waals surface area contributed by atoms with E-state index in [2.05, 4.69) is 15.5 Å². The molecule has 2 unspecified atom stereocenters. The van der Waals surface area contributed by atoms with Gasteiger partial charge in [-0.1, -0.05) is 0 Å². The quantitative estimate of drug-likeness (QED) is 0.321. The fourth-order valence-electron chi connectivity index (χ4n) is 5.23. The summed E-state index contributed by atoms with van der Waals surface area (Å²) in [5.41, 5.74) is 2.47. The molecule has 0 aromatic heterocycles. The molecule has 2 rings (SSSR count). The fraction of sp³-hybridized carbons (Fsp3) is 0.667. The van der Waals surface area contributed by atoms with Crippen LogP contribution in [-0.2, 0) is 19.2 Å². The van der Waals surface area contributed by atoms with Crippen molar-refractivity contribution in [3.63, 3.8) is 0 Å². The van der Waals surface area contributed by atoms with Crippen LogP contribution >= 0.6 is 0 Å². The Morgan fingerprint density at radius 3 is 1.63 bits per heavy atom. The van der Waals surface area contributed by atoms with Gasteiger partial charge in [-0.3, -0.25) is 29.6 Å². The van der Waals surface area contributed by atoms with Crippen molar-refractivity contribution >= 4 is 36.3 Å². The molecule has 194 valence electrons. The summed E-state index contributed by atoms with van der Waals surface area (Å²) in [4.78, 5) is 50.5. The van der Waals surface area contributed by atoms with Crippen LogP contribution in [0.2, 0.25) is 0 Å². The molecule has 2 aliphatic rings. The van der Waals surface area contributed by atoms with E-state index < -0.39 is 29.3 Å². The van der Waals surface area contributed by atoms with Gasteiger partial charge in [-0.2, -0.15) is 5.10 Å². The highest BCUT2D eigenvalue weighted by Crippen LogP contribution is 2.44. The molecule has 1 saturated carbocycles. The SMILES string of the molecule is O=C(O)CC1CCC(CC(=O)O)CCC(CC(=O)O)(C2=CN=CC=NN2)CCC(CC(=O)O)CC1. The lowest BCUT2D eigenvalue weighted by Gasteiger charge is -2.37. The molecule has 5 N–H and O–H groups in total. The molecule has 35 heavy (non-hydrogen) atoms. The summed E-state index contributed by atoms with van der Waals surface area (Å²) in [5, 5.41) is 42.0. The average Bonchev–Trinajstić information content (AvgIpc) is 3.04. The zero-order chi connectivity index (χ0) is 25.8. The number of hydrogen-bond acceptors (Lipinski definition) is 7. The summed E-state index contributed by atoms with van der Waals surface area (Å²) >= 11 is 0. The summed E-state index contributed by atoms with van der Waals surface area (Å²) in [6.07, 6.45) is 7.57. The predicted octanol–water partition coefficient (Wildman–Crippen LogP) is 3.36. The van der Waals surface area contributed by atoms with Gasteiger partial charge in [-0.05, 0) is 69.1 Å². The molecule has 0 aromatic carbocycles. The van der Waals surface area contributed by atoms with Crippen LogP contribution in [0, 0.1) is 23.2 Å². The van der Waals surface area contributed by atoms with E-state index in [1.165, 1.54) is 18.6 Å². The molecule has 1 fully saturated rings. The lowest BCUT2D eigenvalue weighted by atomic mass is 9.69. The maximum absolute atomic E-state index is 12.0.